The summed E-state index contributed by atoms with van der Waals surface area (Å²) in [5.41, 5.74) is 6.85. The minimum Gasteiger partial charge on any atom is -0.303 e. The molecule has 1 aromatic carbocycles. The summed E-state index contributed by atoms with van der Waals surface area (Å²) < 4.78 is 0. The van der Waals surface area contributed by atoms with Crippen molar-refractivity contribution in [3.05, 3.63) is 51.7 Å². The maximum atomic E-state index is 12.0. The second-order valence-electron chi connectivity index (χ2n) is 5.45. The van der Waals surface area contributed by atoms with E-state index in [1.54, 1.807) is 0 Å². The highest BCUT2D eigenvalue weighted by molar-refractivity contribution is 5.94. The van der Waals surface area contributed by atoms with Crippen LogP contribution in [0.3, 0.4) is 0 Å². The molecule has 2 N–H and O–H groups in total. The number of benzene rings is 1. The Balaban J connectivity index is 1.87. The predicted molar refractivity (Wildman–Crippen MR) is 83.1 cm³/mol. The van der Waals surface area contributed by atoms with Gasteiger partial charge in [-0.05, 0) is 32.1 Å². The number of nitrogens with one attached hydrogen (secondary N) is 2. The van der Waals surface area contributed by atoms with Gasteiger partial charge in [-0.25, -0.2) is 0 Å². The molecule has 0 atom stereocenters. The second kappa shape index (κ2) is 7.04. The normalized spacial score (nSPS) is 15.3. The van der Waals surface area contributed by atoms with Crippen LogP contribution in [0, 0.1) is 10.1 Å². The third-order valence-electron chi connectivity index (χ3n) is 3.65. The van der Waals surface area contributed by atoms with Crippen molar-refractivity contribution in [2.75, 3.05) is 13.1 Å². The molecule has 0 unspecified atom stereocenters. The van der Waals surface area contributed by atoms with Crippen molar-refractivity contribution < 1.29 is 9.72 Å². The average molecular weight is 304 g/mol. The molecule has 0 saturated carbocycles. The van der Waals surface area contributed by atoms with Crippen LogP contribution in [-0.2, 0) is 0 Å². The van der Waals surface area contributed by atoms with Gasteiger partial charge in [0.2, 0.25) is 0 Å². The fraction of sp³-hybridized carbons (Fsp3) is 0.400. The van der Waals surface area contributed by atoms with Crippen LogP contribution in [0.5, 0.6) is 0 Å². The maximum Gasteiger partial charge on any atom is 0.269 e. The van der Waals surface area contributed by atoms with Gasteiger partial charge in [-0.1, -0.05) is 0 Å². The Bertz CT molecular complexity index is 581. The van der Waals surface area contributed by atoms with E-state index in [1.807, 2.05) is 0 Å². The van der Waals surface area contributed by atoms with Gasteiger partial charge in [0, 0.05) is 48.9 Å². The van der Waals surface area contributed by atoms with Gasteiger partial charge in [-0.15, -0.1) is 0 Å². The molecule has 0 aliphatic carbocycles. The molecule has 0 bridgehead atoms. The standard InChI is InChI=1S/C15H20N4O3/c1-11(2)18-9-7-13(8-10-18)16-17-15(20)12-3-5-14(6-4-12)19(21)22/h3-7,11,16H,8-10H2,1-2H3,(H,17,20). The number of rotatable bonds is 5. The monoisotopic (exact) mass is 304 g/mol. The van der Waals surface area contributed by atoms with E-state index in [-0.39, 0.29) is 11.6 Å². The summed E-state index contributed by atoms with van der Waals surface area (Å²) in [6.45, 7) is 6.11. The van der Waals surface area contributed by atoms with Gasteiger partial charge < -0.3 is 5.43 Å². The van der Waals surface area contributed by atoms with Crippen molar-refractivity contribution >= 4 is 11.6 Å². The number of amides is 1. The summed E-state index contributed by atoms with van der Waals surface area (Å²) in [4.78, 5) is 24.4. The molecule has 118 valence electrons. The van der Waals surface area contributed by atoms with Gasteiger partial charge in [-0.3, -0.25) is 25.2 Å². The van der Waals surface area contributed by atoms with Gasteiger partial charge in [0.15, 0.2) is 0 Å². The quantitative estimate of drug-likeness (QED) is 0.640. The predicted octanol–water partition coefficient (Wildman–Crippen LogP) is 1.83. The average Bonchev–Trinajstić information content (AvgIpc) is 2.53. The zero-order chi connectivity index (χ0) is 16.1. The Hall–Kier alpha value is -2.41. The fourth-order valence-electron chi connectivity index (χ4n) is 2.21. The van der Waals surface area contributed by atoms with Crippen molar-refractivity contribution in [1.82, 2.24) is 15.8 Å². The number of nitro benzene ring substituents is 1. The van der Waals surface area contributed by atoms with Gasteiger partial charge in [-0.2, -0.15) is 0 Å². The van der Waals surface area contributed by atoms with Gasteiger partial charge >= 0.3 is 0 Å². The number of hydrogen-bond acceptors (Lipinski definition) is 5. The van der Waals surface area contributed by atoms with E-state index in [2.05, 4.69) is 35.7 Å². The van der Waals surface area contributed by atoms with E-state index >= 15 is 0 Å². The van der Waals surface area contributed by atoms with Crippen molar-refractivity contribution in [2.45, 2.75) is 26.3 Å². The molecule has 2 rings (SSSR count). The lowest BCUT2D eigenvalue weighted by Gasteiger charge is -2.29. The van der Waals surface area contributed by atoms with Gasteiger partial charge in [0.1, 0.15) is 0 Å². The Labute approximate surface area is 129 Å². The van der Waals surface area contributed by atoms with Crippen molar-refractivity contribution in [2.24, 2.45) is 0 Å². The zero-order valence-corrected chi connectivity index (χ0v) is 12.7. The van der Waals surface area contributed by atoms with Crippen LogP contribution in [0.2, 0.25) is 0 Å². The molecule has 0 saturated heterocycles. The molecule has 1 aliphatic rings. The Morgan fingerprint density at radius 3 is 2.50 bits per heavy atom. The Morgan fingerprint density at radius 1 is 1.32 bits per heavy atom. The highest BCUT2D eigenvalue weighted by Gasteiger charge is 2.15. The van der Waals surface area contributed by atoms with Crippen LogP contribution >= 0.6 is 0 Å². The molecule has 1 aliphatic heterocycles. The smallest absolute Gasteiger partial charge is 0.269 e. The SMILES string of the molecule is CC(C)N1CC=C(NNC(=O)c2ccc([N+](=O)[O-])cc2)CC1. The molecule has 7 heteroatoms. The molecular formula is C15H20N4O3. The molecule has 0 fully saturated rings. The number of hydrogen-bond donors (Lipinski definition) is 2. The van der Waals surface area contributed by atoms with Crippen molar-refractivity contribution in [1.29, 1.82) is 0 Å². The molecule has 1 aromatic rings. The first-order chi connectivity index (χ1) is 10.5. The van der Waals surface area contributed by atoms with Gasteiger partial charge in [0.05, 0.1) is 4.92 Å². The van der Waals surface area contributed by atoms with E-state index in [0.29, 0.717) is 11.6 Å². The van der Waals surface area contributed by atoms with E-state index in [0.717, 1.165) is 25.2 Å². The number of nitro groups is 1. The molecule has 0 aromatic heterocycles. The van der Waals surface area contributed by atoms with E-state index in [1.165, 1.54) is 24.3 Å². The molecule has 0 spiro atoms. The largest absolute Gasteiger partial charge is 0.303 e. The number of hydrazine groups is 1. The molecule has 22 heavy (non-hydrogen) atoms. The minimum atomic E-state index is -0.493. The first-order valence-electron chi connectivity index (χ1n) is 7.21. The first-order valence-corrected chi connectivity index (χ1v) is 7.21. The van der Waals surface area contributed by atoms with Crippen LogP contribution in [0.4, 0.5) is 5.69 Å². The van der Waals surface area contributed by atoms with Crippen molar-refractivity contribution in [3.8, 4) is 0 Å². The second-order valence-corrected chi connectivity index (χ2v) is 5.45. The molecule has 0 radical (unpaired) electrons. The summed E-state index contributed by atoms with van der Waals surface area (Å²) in [6.07, 6.45) is 2.90. The number of carbonyl (C=O) groups excluding carboxylic acids is 1. The third-order valence-corrected chi connectivity index (χ3v) is 3.65. The molecule has 1 heterocycles. The molecule has 1 amide bonds. The first kappa shape index (κ1) is 16.0. The van der Waals surface area contributed by atoms with E-state index in [4.69, 9.17) is 0 Å². The lowest BCUT2D eigenvalue weighted by Crippen LogP contribution is -2.41. The van der Waals surface area contributed by atoms with Crippen LogP contribution in [-0.4, -0.2) is 34.9 Å². The lowest BCUT2D eigenvalue weighted by atomic mass is 10.1. The third kappa shape index (κ3) is 4.05. The summed E-state index contributed by atoms with van der Waals surface area (Å²) >= 11 is 0. The zero-order valence-electron chi connectivity index (χ0n) is 12.7. The number of nitrogens with zero attached hydrogens (tertiary/aromatic N) is 2. The maximum absolute atomic E-state index is 12.0. The highest BCUT2D eigenvalue weighted by atomic mass is 16.6. The Morgan fingerprint density at radius 2 is 2.00 bits per heavy atom. The fourth-order valence-corrected chi connectivity index (χ4v) is 2.21. The summed E-state index contributed by atoms with van der Waals surface area (Å²) in [5.74, 6) is -0.318. The Kier molecular flexibility index (Phi) is 5.11. The molecular weight excluding hydrogens is 284 g/mol. The number of carbonyl (C=O) groups is 1. The van der Waals surface area contributed by atoms with E-state index in [9.17, 15) is 14.9 Å². The van der Waals surface area contributed by atoms with Crippen molar-refractivity contribution in [3.63, 3.8) is 0 Å². The minimum absolute atomic E-state index is 0.0340. The van der Waals surface area contributed by atoms with Crippen LogP contribution < -0.4 is 10.9 Å². The van der Waals surface area contributed by atoms with Gasteiger partial charge in [0.25, 0.3) is 11.6 Å². The molecule has 7 nitrogen and oxygen atoms in total. The summed E-state index contributed by atoms with van der Waals surface area (Å²) in [7, 11) is 0. The summed E-state index contributed by atoms with van der Waals surface area (Å²) in [6, 6.07) is 6.01. The lowest BCUT2D eigenvalue weighted by molar-refractivity contribution is -0.384. The van der Waals surface area contributed by atoms with E-state index < -0.39 is 4.92 Å². The van der Waals surface area contributed by atoms with Crippen LogP contribution in [0.1, 0.15) is 30.6 Å². The van der Waals surface area contributed by atoms with Crippen LogP contribution in [0.25, 0.3) is 0 Å². The van der Waals surface area contributed by atoms with Crippen LogP contribution in [0.15, 0.2) is 36.0 Å². The topological polar surface area (TPSA) is 87.5 Å². The summed E-state index contributed by atoms with van der Waals surface area (Å²) in [5, 5.41) is 10.6. The highest BCUT2D eigenvalue weighted by Crippen LogP contribution is 2.12. The number of non-ortho nitro benzene ring substituents is 1.